The van der Waals surface area contributed by atoms with Crippen molar-refractivity contribution in [1.82, 2.24) is 9.88 Å². The van der Waals surface area contributed by atoms with E-state index in [9.17, 15) is 0 Å². The molecular formula is C13H20N2O. The number of rotatable bonds is 6. The third kappa shape index (κ3) is 3.66. The monoisotopic (exact) mass is 220 g/mol. The smallest absolute Gasteiger partial charge is 0.0549 e. The van der Waals surface area contributed by atoms with Gasteiger partial charge in [-0.3, -0.25) is 4.98 Å². The molecule has 1 aromatic rings. The van der Waals surface area contributed by atoms with E-state index < -0.39 is 0 Å². The van der Waals surface area contributed by atoms with Gasteiger partial charge in [0, 0.05) is 26.0 Å². The molecule has 0 spiro atoms. The van der Waals surface area contributed by atoms with Crippen molar-refractivity contribution in [3.05, 3.63) is 42.4 Å². The van der Waals surface area contributed by atoms with Gasteiger partial charge in [0.05, 0.1) is 6.04 Å². The molecule has 88 valence electrons. The van der Waals surface area contributed by atoms with Gasteiger partial charge in [-0.15, -0.1) is 0 Å². The Morgan fingerprint density at radius 1 is 1.56 bits per heavy atom. The number of aliphatic hydroxyl groups excluding tert-OH is 1. The maximum atomic E-state index is 8.92. The van der Waals surface area contributed by atoms with Gasteiger partial charge in [-0.05, 0) is 37.6 Å². The van der Waals surface area contributed by atoms with E-state index in [0.29, 0.717) is 0 Å². The lowest BCUT2D eigenvalue weighted by molar-refractivity contribution is 0.248. The Morgan fingerprint density at radius 2 is 2.38 bits per heavy atom. The normalized spacial score (nSPS) is 12.9. The van der Waals surface area contributed by atoms with Gasteiger partial charge in [-0.25, -0.2) is 0 Å². The molecule has 1 heterocycles. The molecule has 0 saturated heterocycles. The van der Waals surface area contributed by atoms with Crippen molar-refractivity contribution in [3.8, 4) is 0 Å². The van der Waals surface area contributed by atoms with Crippen molar-refractivity contribution < 1.29 is 5.11 Å². The molecule has 0 radical (unpaired) electrons. The van der Waals surface area contributed by atoms with E-state index in [4.69, 9.17) is 5.11 Å². The summed E-state index contributed by atoms with van der Waals surface area (Å²) in [5.41, 5.74) is 1.19. The van der Waals surface area contributed by atoms with Crippen LogP contribution in [0, 0.1) is 0 Å². The highest BCUT2D eigenvalue weighted by Crippen LogP contribution is 2.23. The van der Waals surface area contributed by atoms with E-state index in [0.717, 1.165) is 12.8 Å². The molecule has 1 aromatic heterocycles. The van der Waals surface area contributed by atoms with Crippen molar-refractivity contribution in [2.24, 2.45) is 0 Å². The summed E-state index contributed by atoms with van der Waals surface area (Å²) in [6, 6.07) is 4.32. The number of allylic oxidation sites excluding steroid dienone is 1. The second-order valence-corrected chi connectivity index (χ2v) is 3.82. The Bertz CT molecular complexity index is 311. The molecule has 16 heavy (non-hydrogen) atoms. The van der Waals surface area contributed by atoms with Gasteiger partial charge in [0.25, 0.3) is 0 Å². The molecule has 0 aliphatic rings. The van der Waals surface area contributed by atoms with Gasteiger partial charge in [0.2, 0.25) is 0 Å². The molecule has 0 fully saturated rings. The second kappa shape index (κ2) is 7.01. The fourth-order valence-corrected chi connectivity index (χ4v) is 1.80. The highest BCUT2D eigenvalue weighted by atomic mass is 16.2. The third-order valence-electron chi connectivity index (χ3n) is 2.58. The Labute approximate surface area is 97.4 Å². The van der Waals surface area contributed by atoms with Gasteiger partial charge >= 0.3 is 0 Å². The number of nitrogens with zero attached hydrogens (tertiary/aromatic N) is 2. The van der Waals surface area contributed by atoms with E-state index in [-0.39, 0.29) is 12.6 Å². The summed E-state index contributed by atoms with van der Waals surface area (Å²) >= 11 is 0. The lowest BCUT2D eigenvalue weighted by Crippen LogP contribution is -2.19. The maximum Gasteiger partial charge on any atom is 0.0549 e. The molecule has 0 amide bonds. The van der Waals surface area contributed by atoms with Crippen LogP contribution in [0.15, 0.2) is 36.8 Å². The number of hydrogen-bond donors (Lipinski definition) is 1. The summed E-state index contributed by atoms with van der Waals surface area (Å²) in [4.78, 5) is 6.30. The quantitative estimate of drug-likeness (QED) is 0.799. The first-order valence-electron chi connectivity index (χ1n) is 5.65. The minimum absolute atomic E-state index is 0.237. The number of aromatic nitrogens is 1. The molecule has 0 bridgehead atoms. The Balaban J connectivity index is 2.78. The number of aliphatic hydroxyl groups is 1. The van der Waals surface area contributed by atoms with Crippen LogP contribution in [-0.4, -0.2) is 28.6 Å². The first-order valence-corrected chi connectivity index (χ1v) is 5.65. The zero-order valence-corrected chi connectivity index (χ0v) is 10.0. The first-order chi connectivity index (χ1) is 7.79. The molecule has 3 heteroatoms. The predicted octanol–water partition coefficient (Wildman–Crippen LogP) is 2.36. The molecule has 1 atom stereocenters. The van der Waals surface area contributed by atoms with Crippen LogP contribution in [0.3, 0.4) is 0 Å². The van der Waals surface area contributed by atoms with Crippen LogP contribution in [0.1, 0.15) is 31.4 Å². The van der Waals surface area contributed by atoms with Crippen LogP contribution in [0.25, 0.3) is 0 Å². The van der Waals surface area contributed by atoms with Crippen molar-refractivity contribution in [2.75, 3.05) is 13.7 Å². The van der Waals surface area contributed by atoms with Crippen molar-refractivity contribution >= 4 is 0 Å². The lowest BCUT2D eigenvalue weighted by Gasteiger charge is -2.26. The van der Waals surface area contributed by atoms with Gasteiger partial charge in [0.1, 0.15) is 0 Å². The van der Waals surface area contributed by atoms with E-state index in [1.807, 2.05) is 25.3 Å². The van der Waals surface area contributed by atoms with E-state index in [1.165, 1.54) is 5.56 Å². The highest BCUT2D eigenvalue weighted by Gasteiger charge is 2.13. The van der Waals surface area contributed by atoms with E-state index in [2.05, 4.69) is 29.2 Å². The van der Waals surface area contributed by atoms with Gasteiger partial charge in [-0.1, -0.05) is 12.1 Å². The van der Waals surface area contributed by atoms with Crippen LogP contribution in [0.5, 0.6) is 0 Å². The molecule has 0 aromatic carbocycles. The Hall–Kier alpha value is -1.35. The first kappa shape index (κ1) is 12.7. The van der Waals surface area contributed by atoms with E-state index >= 15 is 0 Å². The van der Waals surface area contributed by atoms with E-state index in [1.54, 1.807) is 6.20 Å². The van der Waals surface area contributed by atoms with Gasteiger partial charge in [0.15, 0.2) is 0 Å². The second-order valence-electron chi connectivity index (χ2n) is 3.82. The van der Waals surface area contributed by atoms with Crippen LogP contribution < -0.4 is 0 Å². The van der Waals surface area contributed by atoms with Crippen LogP contribution in [0.2, 0.25) is 0 Å². The van der Waals surface area contributed by atoms with Crippen LogP contribution in [-0.2, 0) is 0 Å². The largest absolute Gasteiger partial charge is 0.396 e. The summed E-state index contributed by atoms with van der Waals surface area (Å²) < 4.78 is 0. The molecule has 0 unspecified atom stereocenters. The van der Waals surface area contributed by atoms with Gasteiger partial charge < -0.3 is 10.0 Å². The third-order valence-corrected chi connectivity index (χ3v) is 2.58. The molecule has 1 N–H and O–H groups in total. The fraction of sp³-hybridized carbons (Fsp3) is 0.462. The predicted molar refractivity (Wildman–Crippen MR) is 65.9 cm³/mol. The van der Waals surface area contributed by atoms with Crippen LogP contribution in [0.4, 0.5) is 0 Å². The molecule has 0 aliphatic heterocycles. The highest BCUT2D eigenvalue weighted by molar-refractivity contribution is 5.14. The molecule has 0 aliphatic carbocycles. The fourth-order valence-electron chi connectivity index (χ4n) is 1.80. The van der Waals surface area contributed by atoms with Crippen molar-refractivity contribution in [3.63, 3.8) is 0 Å². The molecule has 3 nitrogen and oxygen atoms in total. The molecule has 1 rings (SSSR count). The lowest BCUT2D eigenvalue weighted by atomic mass is 10.0. The number of pyridine rings is 1. The van der Waals surface area contributed by atoms with Gasteiger partial charge in [-0.2, -0.15) is 0 Å². The summed E-state index contributed by atoms with van der Waals surface area (Å²) in [6.45, 7) is 2.24. The zero-order chi connectivity index (χ0) is 11.8. The summed E-state index contributed by atoms with van der Waals surface area (Å²) in [6.07, 6.45) is 9.48. The minimum Gasteiger partial charge on any atom is -0.396 e. The Kier molecular flexibility index (Phi) is 5.57. The summed E-state index contributed by atoms with van der Waals surface area (Å²) in [5.74, 6) is 0. The van der Waals surface area contributed by atoms with Crippen LogP contribution >= 0.6 is 0 Å². The summed E-state index contributed by atoms with van der Waals surface area (Å²) in [7, 11) is 2.05. The van der Waals surface area contributed by atoms with Crippen molar-refractivity contribution in [1.29, 1.82) is 0 Å². The standard InChI is InChI=1S/C13H20N2O/c1-3-9-15(2)13(7-5-10-16)12-6-4-8-14-11-12/h3-4,6,8-9,11,13,16H,5,7,10H2,1-2H3/t13-/m0/s1. The number of hydrogen-bond acceptors (Lipinski definition) is 3. The minimum atomic E-state index is 0.237. The zero-order valence-electron chi connectivity index (χ0n) is 10.0. The maximum absolute atomic E-state index is 8.92. The molecular weight excluding hydrogens is 200 g/mol. The summed E-state index contributed by atoms with van der Waals surface area (Å²) in [5, 5.41) is 8.92. The average Bonchev–Trinajstić information content (AvgIpc) is 2.31. The Morgan fingerprint density at radius 3 is 2.94 bits per heavy atom. The topological polar surface area (TPSA) is 36.4 Å². The SMILES string of the molecule is CC=CN(C)[C@@H](CCCO)c1cccnc1. The van der Waals surface area contributed by atoms with Crippen molar-refractivity contribution in [2.45, 2.75) is 25.8 Å². The average molecular weight is 220 g/mol. The molecule has 0 saturated carbocycles.